The standard InChI is InChI=1S/C23H24BrFN4O/c24-18-5-8-21-20(16-18)23(26-10-1-11-29-12-14-30-15-13-29)28-22(27-21)9-4-17-2-6-19(25)7-3-17/h2-9,16H,1,10-15H2,(H,26,27,28). The Kier molecular flexibility index (Phi) is 7.04. The molecule has 1 fully saturated rings. The summed E-state index contributed by atoms with van der Waals surface area (Å²) in [5.74, 6) is 1.19. The third-order valence-electron chi connectivity index (χ3n) is 5.02. The Morgan fingerprint density at radius 2 is 1.87 bits per heavy atom. The second-order valence-corrected chi connectivity index (χ2v) is 8.13. The molecule has 2 heterocycles. The number of aromatic nitrogens is 2. The Bertz CT molecular complexity index is 1020. The van der Waals surface area contributed by atoms with E-state index in [0.29, 0.717) is 5.82 Å². The highest BCUT2D eigenvalue weighted by Crippen LogP contribution is 2.25. The number of nitrogens with zero attached hydrogens (tertiary/aromatic N) is 3. The number of hydrogen-bond donors (Lipinski definition) is 1. The van der Waals surface area contributed by atoms with E-state index in [9.17, 15) is 4.39 Å². The Morgan fingerprint density at radius 3 is 2.67 bits per heavy atom. The topological polar surface area (TPSA) is 50.3 Å². The summed E-state index contributed by atoms with van der Waals surface area (Å²) in [4.78, 5) is 11.8. The van der Waals surface area contributed by atoms with E-state index in [1.807, 2.05) is 30.4 Å². The van der Waals surface area contributed by atoms with Crippen molar-refractivity contribution in [2.45, 2.75) is 6.42 Å². The summed E-state index contributed by atoms with van der Waals surface area (Å²) in [5.41, 5.74) is 1.78. The van der Waals surface area contributed by atoms with E-state index >= 15 is 0 Å². The molecule has 0 amide bonds. The molecule has 4 rings (SSSR count). The van der Waals surface area contributed by atoms with Crippen LogP contribution < -0.4 is 5.32 Å². The van der Waals surface area contributed by atoms with E-state index in [4.69, 9.17) is 9.72 Å². The molecular formula is C23H24BrFN4O. The van der Waals surface area contributed by atoms with Crippen LogP contribution in [0.25, 0.3) is 23.1 Å². The number of benzene rings is 2. The largest absolute Gasteiger partial charge is 0.379 e. The van der Waals surface area contributed by atoms with E-state index in [1.165, 1.54) is 12.1 Å². The normalized spacial score (nSPS) is 15.1. The van der Waals surface area contributed by atoms with Gasteiger partial charge in [0.2, 0.25) is 0 Å². The van der Waals surface area contributed by atoms with Crippen LogP contribution in [-0.4, -0.2) is 54.3 Å². The van der Waals surface area contributed by atoms with Crippen molar-refractivity contribution in [3.8, 4) is 0 Å². The zero-order valence-corrected chi connectivity index (χ0v) is 18.2. The van der Waals surface area contributed by atoms with Crippen molar-refractivity contribution in [1.29, 1.82) is 0 Å². The fourth-order valence-electron chi connectivity index (χ4n) is 3.41. The molecule has 2 aromatic carbocycles. The van der Waals surface area contributed by atoms with Crippen LogP contribution in [0, 0.1) is 5.82 Å². The summed E-state index contributed by atoms with van der Waals surface area (Å²) < 4.78 is 19.5. The third kappa shape index (κ3) is 5.62. The zero-order chi connectivity index (χ0) is 20.8. The molecule has 1 aromatic heterocycles. The second-order valence-electron chi connectivity index (χ2n) is 7.21. The summed E-state index contributed by atoms with van der Waals surface area (Å²) in [7, 11) is 0. The van der Waals surface area contributed by atoms with Gasteiger partial charge in [0.05, 0.1) is 18.7 Å². The predicted molar refractivity (Wildman–Crippen MR) is 123 cm³/mol. The molecule has 1 aliphatic heterocycles. The number of fused-ring (bicyclic) bond motifs is 1. The molecule has 1 N–H and O–H groups in total. The number of ether oxygens (including phenoxy) is 1. The van der Waals surface area contributed by atoms with Crippen molar-refractivity contribution in [3.63, 3.8) is 0 Å². The van der Waals surface area contributed by atoms with Gasteiger partial charge < -0.3 is 10.1 Å². The lowest BCUT2D eigenvalue weighted by molar-refractivity contribution is 0.0378. The fraction of sp³-hybridized carbons (Fsp3) is 0.304. The van der Waals surface area contributed by atoms with E-state index in [1.54, 1.807) is 12.1 Å². The minimum atomic E-state index is -0.247. The highest BCUT2D eigenvalue weighted by atomic mass is 79.9. The molecule has 1 aliphatic rings. The maximum absolute atomic E-state index is 13.1. The highest BCUT2D eigenvalue weighted by Gasteiger charge is 2.10. The second kappa shape index (κ2) is 10.1. The number of hydrogen-bond acceptors (Lipinski definition) is 5. The van der Waals surface area contributed by atoms with E-state index in [0.717, 1.165) is 72.6 Å². The minimum Gasteiger partial charge on any atom is -0.379 e. The van der Waals surface area contributed by atoms with Crippen molar-refractivity contribution >= 4 is 44.8 Å². The first kappa shape index (κ1) is 20.9. The molecule has 0 unspecified atom stereocenters. The first-order chi connectivity index (χ1) is 14.7. The van der Waals surface area contributed by atoms with Gasteiger partial charge in [0.1, 0.15) is 11.6 Å². The van der Waals surface area contributed by atoms with Crippen LogP contribution in [0.3, 0.4) is 0 Å². The monoisotopic (exact) mass is 470 g/mol. The summed E-state index contributed by atoms with van der Waals surface area (Å²) in [5, 5.41) is 4.47. The number of anilines is 1. The summed E-state index contributed by atoms with van der Waals surface area (Å²) >= 11 is 3.54. The van der Waals surface area contributed by atoms with Gasteiger partial charge in [0.25, 0.3) is 0 Å². The predicted octanol–water partition coefficient (Wildman–Crippen LogP) is 4.84. The molecule has 3 aromatic rings. The molecule has 0 radical (unpaired) electrons. The maximum atomic E-state index is 13.1. The smallest absolute Gasteiger partial charge is 0.154 e. The first-order valence-electron chi connectivity index (χ1n) is 10.1. The zero-order valence-electron chi connectivity index (χ0n) is 16.7. The van der Waals surface area contributed by atoms with E-state index in [2.05, 4.69) is 31.1 Å². The lowest BCUT2D eigenvalue weighted by atomic mass is 10.2. The molecule has 156 valence electrons. The van der Waals surface area contributed by atoms with Gasteiger partial charge >= 0.3 is 0 Å². The van der Waals surface area contributed by atoms with Crippen molar-refractivity contribution in [1.82, 2.24) is 14.9 Å². The average molecular weight is 471 g/mol. The van der Waals surface area contributed by atoms with Crippen molar-refractivity contribution < 1.29 is 9.13 Å². The van der Waals surface area contributed by atoms with Gasteiger partial charge in [-0.3, -0.25) is 4.90 Å². The number of halogens is 2. The van der Waals surface area contributed by atoms with Crippen molar-refractivity contribution in [2.24, 2.45) is 0 Å². The minimum absolute atomic E-state index is 0.247. The molecule has 5 nitrogen and oxygen atoms in total. The summed E-state index contributed by atoms with van der Waals surface area (Å²) in [6.45, 7) is 5.52. The summed E-state index contributed by atoms with van der Waals surface area (Å²) in [6.07, 6.45) is 4.77. The van der Waals surface area contributed by atoms with Crippen LogP contribution in [0.1, 0.15) is 17.8 Å². The van der Waals surface area contributed by atoms with Crippen LogP contribution in [0.4, 0.5) is 10.2 Å². The molecule has 0 bridgehead atoms. The molecule has 7 heteroatoms. The van der Waals surface area contributed by atoms with Gasteiger partial charge in [-0.2, -0.15) is 0 Å². The Balaban J connectivity index is 1.49. The molecule has 0 aliphatic carbocycles. The number of rotatable bonds is 7. The lowest BCUT2D eigenvalue weighted by Crippen LogP contribution is -2.37. The third-order valence-corrected chi connectivity index (χ3v) is 5.51. The van der Waals surface area contributed by atoms with Gasteiger partial charge in [0.15, 0.2) is 5.82 Å². The molecule has 0 atom stereocenters. The molecular weight excluding hydrogens is 447 g/mol. The van der Waals surface area contributed by atoms with Crippen LogP contribution in [0.5, 0.6) is 0 Å². The van der Waals surface area contributed by atoms with Crippen LogP contribution in [0.15, 0.2) is 46.9 Å². The Hall–Kier alpha value is -2.35. The van der Waals surface area contributed by atoms with Crippen LogP contribution in [0.2, 0.25) is 0 Å². The quantitative estimate of drug-likeness (QED) is 0.500. The SMILES string of the molecule is Fc1ccc(C=Cc2nc(NCCCN3CCOCC3)c3cc(Br)ccc3n2)cc1. The van der Waals surface area contributed by atoms with E-state index < -0.39 is 0 Å². The van der Waals surface area contributed by atoms with Gasteiger partial charge in [-0.1, -0.05) is 34.1 Å². The van der Waals surface area contributed by atoms with Gasteiger partial charge in [0, 0.05) is 29.5 Å². The molecule has 1 saturated heterocycles. The molecule has 0 saturated carbocycles. The lowest BCUT2D eigenvalue weighted by Gasteiger charge is -2.26. The Labute approximate surface area is 184 Å². The number of morpholine rings is 1. The molecule has 0 spiro atoms. The van der Waals surface area contributed by atoms with Crippen molar-refractivity contribution in [2.75, 3.05) is 44.7 Å². The fourth-order valence-corrected chi connectivity index (χ4v) is 3.77. The highest BCUT2D eigenvalue weighted by molar-refractivity contribution is 9.10. The van der Waals surface area contributed by atoms with Crippen LogP contribution >= 0.6 is 15.9 Å². The number of nitrogens with one attached hydrogen (secondary N) is 1. The summed E-state index contributed by atoms with van der Waals surface area (Å²) in [6, 6.07) is 12.3. The van der Waals surface area contributed by atoms with Gasteiger partial charge in [-0.15, -0.1) is 0 Å². The van der Waals surface area contributed by atoms with Crippen molar-refractivity contribution in [3.05, 3.63) is 64.1 Å². The van der Waals surface area contributed by atoms with Gasteiger partial charge in [-0.05, 0) is 54.9 Å². The van der Waals surface area contributed by atoms with Crippen LogP contribution in [-0.2, 0) is 4.74 Å². The Morgan fingerprint density at radius 1 is 1.07 bits per heavy atom. The van der Waals surface area contributed by atoms with E-state index in [-0.39, 0.29) is 5.82 Å². The van der Waals surface area contributed by atoms with Gasteiger partial charge in [-0.25, -0.2) is 14.4 Å². The first-order valence-corrected chi connectivity index (χ1v) is 10.9. The average Bonchev–Trinajstić information content (AvgIpc) is 2.77. The maximum Gasteiger partial charge on any atom is 0.154 e. The molecule has 30 heavy (non-hydrogen) atoms.